The molecule has 30 heteroatoms. The SMILES string of the molecule is CC1(C)OB(c2ccc3cc(C#N)cnn23)OC1(C)C.COC(=O)CCc1nnc(-c2cnc(Cl)cc2NC(C)C)s1.[2H]C([2H])([2H])C(C)(O)CCc1nnc(-c2cnc(-c3ccc4cc(C#N)cnn34)cc2NC(C)C)s1.[2H]C([2H])([2H])C(C)(O)CCc1nnc(-c2cnc(Cl)cc2NC(C)C)s1. The highest BCUT2D eigenvalue weighted by Gasteiger charge is 2.52. The summed E-state index contributed by atoms with van der Waals surface area (Å²) in [5.41, 5.74) is 5.59. The summed E-state index contributed by atoms with van der Waals surface area (Å²) in [5.74, 6) is -0.257. The van der Waals surface area contributed by atoms with Gasteiger partial charge in [0.25, 0.3) is 0 Å². The number of hydrogen-bond donors (Lipinski definition) is 5. The second kappa shape index (κ2) is 31.8. The molecule has 0 aromatic carbocycles. The van der Waals surface area contributed by atoms with Crippen molar-refractivity contribution in [1.82, 2.24) is 64.8 Å². The number of rotatable bonds is 20. The van der Waals surface area contributed by atoms with Gasteiger partial charge in [-0.3, -0.25) is 9.78 Å². The van der Waals surface area contributed by atoms with Gasteiger partial charge in [0.05, 0.1) is 104 Å². The zero-order chi connectivity index (χ0) is 74.9. The summed E-state index contributed by atoms with van der Waals surface area (Å²) in [7, 11) is 0.917. The molecule has 96 heavy (non-hydrogen) atoms. The maximum atomic E-state index is 11.2. The predicted molar refractivity (Wildman–Crippen MR) is 380 cm³/mol. The molecule has 0 amide bonds. The summed E-state index contributed by atoms with van der Waals surface area (Å²) in [4.78, 5) is 24.0. The summed E-state index contributed by atoms with van der Waals surface area (Å²) >= 11 is 16.0. The van der Waals surface area contributed by atoms with Crippen LogP contribution < -0.4 is 21.5 Å². The van der Waals surface area contributed by atoms with Crippen molar-refractivity contribution in [3.63, 3.8) is 0 Å². The fraction of sp³-hybridized carbons (Fsp3) is 0.424. The Labute approximate surface area is 589 Å². The number of hydrogen-bond acceptors (Lipinski definition) is 25. The number of carbonyl (C=O) groups is 1. The van der Waals surface area contributed by atoms with Gasteiger partial charge in [0.15, 0.2) is 15.0 Å². The molecule has 0 bridgehead atoms. The average molecular weight is 1400 g/mol. The van der Waals surface area contributed by atoms with E-state index in [4.69, 9.17) is 51.3 Å². The van der Waals surface area contributed by atoms with Gasteiger partial charge in [0, 0.05) is 81.3 Å². The van der Waals surface area contributed by atoms with Crippen LogP contribution in [0.1, 0.15) is 150 Å². The van der Waals surface area contributed by atoms with Gasteiger partial charge in [-0.1, -0.05) is 57.2 Å². The van der Waals surface area contributed by atoms with Crippen molar-refractivity contribution < 1.29 is 37.3 Å². The Morgan fingerprint density at radius 1 is 0.635 bits per heavy atom. The third kappa shape index (κ3) is 20.0. The molecule has 1 aliphatic rings. The topological polar surface area (TPSA) is 319 Å². The Balaban J connectivity index is 0.000000177. The molecule has 24 nitrogen and oxygen atoms in total. The molecule has 504 valence electrons. The van der Waals surface area contributed by atoms with E-state index in [1.165, 1.54) is 61.2 Å². The lowest BCUT2D eigenvalue weighted by Crippen LogP contribution is -2.41. The van der Waals surface area contributed by atoms with E-state index in [0.717, 1.165) is 66.1 Å². The normalized spacial score (nSPS) is 15.5. The molecule has 0 spiro atoms. The molecule has 11 heterocycles. The van der Waals surface area contributed by atoms with Crippen molar-refractivity contribution in [2.24, 2.45) is 0 Å². The maximum Gasteiger partial charge on any atom is 0.514 e. The number of carbonyl (C=O) groups excluding carboxylic acids is 1. The third-order valence-electron chi connectivity index (χ3n) is 14.5. The average Bonchev–Trinajstić information content (AvgIpc) is 1.61. The van der Waals surface area contributed by atoms with Crippen molar-refractivity contribution in [1.29, 1.82) is 10.5 Å². The first-order chi connectivity index (χ1) is 47.8. The van der Waals surface area contributed by atoms with Crippen LogP contribution >= 0.6 is 57.2 Å². The summed E-state index contributed by atoms with van der Waals surface area (Å²) in [6.45, 7) is 18.0. The summed E-state index contributed by atoms with van der Waals surface area (Å²) < 4.78 is 64.8. The highest BCUT2D eigenvalue weighted by molar-refractivity contribution is 7.15. The Bertz CT molecular complexity index is 4630. The molecular weight excluding hydrogens is 1320 g/mol. The third-order valence-corrected chi connectivity index (χ3v) is 18.0. The molecule has 10 aromatic rings. The van der Waals surface area contributed by atoms with E-state index in [1.54, 1.807) is 58.1 Å². The Morgan fingerprint density at radius 3 is 1.49 bits per heavy atom. The van der Waals surface area contributed by atoms with Crippen LogP contribution in [0, 0.1) is 22.7 Å². The molecular formula is C66H79BCl2N18O6S3. The lowest BCUT2D eigenvalue weighted by atomic mass is 9.85. The minimum Gasteiger partial charge on any atom is -0.469 e. The number of halogens is 2. The smallest absolute Gasteiger partial charge is 0.469 e. The minimum atomic E-state index is -2.47. The van der Waals surface area contributed by atoms with E-state index in [0.29, 0.717) is 72.8 Å². The number of ether oxygens (including phenoxy) is 1. The number of fused-ring (bicyclic) bond motifs is 2. The number of aliphatic hydroxyl groups is 2. The Kier molecular flexibility index (Phi) is 21.6. The molecule has 2 unspecified atom stereocenters. The predicted octanol–water partition coefficient (Wildman–Crippen LogP) is 12.8. The van der Waals surface area contributed by atoms with Crippen molar-refractivity contribution >= 4 is 104 Å². The molecule has 10 aromatic heterocycles. The number of methoxy groups -OCH3 is 1. The Morgan fingerprint density at radius 2 is 1.05 bits per heavy atom. The van der Waals surface area contributed by atoms with Crippen LogP contribution in [-0.2, 0) is 38.1 Å². The van der Waals surface area contributed by atoms with Gasteiger partial charge < -0.3 is 40.2 Å². The van der Waals surface area contributed by atoms with Crippen molar-refractivity contribution in [3.05, 3.63) is 122 Å². The van der Waals surface area contributed by atoms with Crippen molar-refractivity contribution in [2.75, 3.05) is 23.1 Å². The van der Waals surface area contributed by atoms with Crippen LogP contribution in [0.2, 0.25) is 10.3 Å². The highest BCUT2D eigenvalue weighted by atomic mass is 35.5. The molecule has 1 fully saturated rings. The van der Waals surface area contributed by atoms with E-state index in [2.05, 4.69) is 88.6 Å². The van der Waals surface area contributed by atoms with Gasteiger partial charge in [-0.05, 0) is 164 Å². The molecule has 0 aliphatic carbocycles. The Hall–Kier alpha value is -8.16. The quantitative estimate of drug-likeness (QED) is 0.0269. The van der Waals surface area contributed by atoms with E-state index >= 15 is 0 Å². The van der Waals surface area contributed by atoms with Gasteiger partial charge >= 0.3 is 13.1 Å². The van der Waals surface area contributed by atoms with E-state index in [-0.39, 0.29) is 48.1 Å². The molecule has 1 aliphatic heterocycles. The van der Waals surface area contributed by atoms with Crippen LogP contribution in [0.15, 0.2) is 85.6 Å². The number of nitrogens with zero attached hydrogens (tertiary/aromatic N) is 15. The molecule has 1 saturated heterocycles. The zero-order valence-electron chi connectivity index (χ0n) is 61.4. The molecule has 11 rings (SSSR count). The second-order valence-corrected chi connectivity index (χ2v) is 28.7. The first-order valence-corrected chi connectivity index (χ1v) is 33.7. The number of esters is 1. The van der Waals surface area contributed by atoms with Crippen LogP contribution in [0.25, 0.3) is 54.1 Å². The number of pyridine rings is 3. The number of nitrogens with one attached hydrogen (secondary N) is 3. The van der Waals surface area contributed by atoms with E-state index in [9.17, 15) is 15.0 Å². The fourth-order valence-electron chi connectivity index (χ4n) is 9.14. The van der Waals surface area contributed by atoms with E-state index in [1.807, 2.05) is 99.6 Å². The van der Waals surface area contributed by atoms with Crippen LogP contribution in [0.4, 0.5) is 17.1 Å². The van der Waals surface area contributed by atoms with Gasteiger partial charge in [-0.25, -0.2) is 19.0 Å². The van der Waals surface area contributed by atoms with Crippen LogP contribution in [0.5, 0.6) is 0 Å². The molecule has 5 N–H and O–H groups in total. The number of nitriles is 2. The fourth-order valence-corrected chi connectivity index (χ4v) is 12.0. The summed E-state index contributed by atoms with van der Waals surface area (Å²) in [6.07, 6.45) is 9.67. The van der Waals surface area contributed by atoms with Crippen molar-refractivity contribution in [2.45, 2.75) is 176 Å². The minimum absolute atomic E-state index is 0.0498. The first-order valence-electron chi connectivity index (χ1n) is 33.5. The van der Waals surface area contributed by atoms with Gasteiger partial charge in [0.1, 0.15) is 37.5 Å². The van der Waals surface area contributed by atoms with Gasteiger partial charge in [-0.2, -0.15) is 20.7 Å². The number of aryl methyl sites for hydroxylation is 3. The lowest BCUT2D eigenvalue weighted by molar-refractivity contribution is -0.140. The number of anilines is 3. The van der Waals surface area contributed by atoms with Gasteiger partial charge in [-0.15, -0.1) is 30.6 Å². The summed E-state index contributed by atoms with van der Waals surface area (Å²) in [5, 5.41) is 87.1. The largest absolute Gasteiger partial charge is 0.514 e. The van der Waals surface area contributed by atoms with Crippen LogP contribution in [0.3, 0.4) is 0 Å². The second-order valence-electron chi connectivity index (χ2n) is 24.7. The number of aromatic nitrogens is 13. The first kappa shape index (κ1) is 65.1. The van der Waals surface area contributed by atoms with Crippen LogP contribution in [-0.4, -0.2) is 136 Å². The molecule has 2 atom stereocenters. The van der Waals surface area contributed by atoms with Gasteiger partial charge in [0.2, 0.25) is 0 Å². The maximum absolute atomic E-state index is 11.2. The monoisotopic (exact) mass is 1400 g/mol. The molecule has 0 radical (unpaired) electrons. The zero-order valence-corrected chi connectivity index (χ0v) is 59.3. The van der Waals surface area contributed by atoms with Crippen molar-refractivity contribution in [3.8, 4) is 55.2 Å². The van der Waals surface area contributed by atoms with E-state index < -0.39 is 32.0 Å². The molecule has 0 saturated carbocycles. The standard InChI is InChI=1S/C23H25N7OS.C15H21ClN4OS.C14H16BN3O2.C14H17ClN4O2S/c1-14(2)27-18-10-19(20-6-5-16-9-15(11-24)12-26-30(16)20)25-13-17(18)22-29-28-21(32-22)7-8-23(3,4)31;1-9(2)18-11-7-12(16)17-8-10(11)14-20-19-13(22-14)5-6-15(3,4)21;1-13(2)14(3,4)20-15(19-13)12-6-5-11-7-10(8-16)9-17-18(11)12;1-8(2)17-10-6-11(15)16-7-9(10)14-19-18-12(22-14)4-5-13(20)21-3/h5-6,9-10,12-14,31H,7-8H2,1-4H3,(H,25,27);7-9,21H,5-6H2,1-4H3,(H,17,18);5-7,9H,1-4H3;6-8H,4-5H2,1-3H3,(H,16,17)/i2*3D3;;. The summed E-state index contributed by atoms with van der Waals surface area (Å²) in [6, 6.07) is 21.4. The lowest BCUT2D eigenvalue weighted by Gasteiger charge is -2.32. The highest BCUT2D eigenvalue weighted by Crippen LogP contribution is 2.39.